The zero-order chi connectivity index (χ0) is 24.0. The van der Waals surface area contributed by atoms with Crippen LogP contribution in [0, 0.1) is 0 Å². The van der Waals surface area contributed by atoms with E-state index in [0.717, 1.165) is 50.6 Å². The lowest BCUT2D eigenvalue weighted by Gasteiger charge is -2.36. The second-order valence-electron chi connectivity index (χ2n) is 8.62. The maximum Gasteiger partial charge on any atom is 0.274 e. The molecule has 0 bridgehead atoms. The molecular formula is C24H31N7O4. The summed E-state index contributed by atoms with van der Waals surface area (Å²) in [6, 6.07) is 8.14. The summed E-state index contributed by atoms with van der Waals surface area (Å²) in [4.78, 5) is 28.3. The second-order valence-corrected chi connectivity index (χ2v) is 8.62. The van der Waals surface area contributed by atoms with E-state index in [1.165, 1.54) is 6.33 Å². The number of morpholine rings is 1. The van der Waals surface area contributed by atoms with Gasteiger partial charge in [-0.25, -0.2) is 4.98 Å². The highest BCUT2D eigenvalue weighted by Gasteiger charge is 2.25. The molecule has 0 radical (unpaired) electrons. The van der Waals surface area contributed by atoms with Crippen LogP contribution in [0.25, 0.3) is 11.1 Å². The maximum atomic E-state index is 12.9. The molecule has 1 amide bonds. The summed E-state index contributed by atoms with van der Waals surface area (Å²) in [6.07, 6.45) is 2.29. The SMILES string of the molecule is COc1ccccc1N1CCN(CCCNC(=O)c2noc3ncnc(N4CCOCC4)c23)CC1. The zero-order valence-electron chi connectivity index (χ0n) is 20.0. The van der Waals surface area contributed by atoms with Crippen LogP contribution >= 0.6 is 0 Å². The van der Waals surface area contributed by atoms with Gasteiger partial charge in [0.05, 0.1) is 26.0 Å². The number of benzene rings is 1. The van der Waals surface area contributed by atoms with Gasteiger partial charge in [0, 0.05) is 45.8 Å². The summed E-state index contributed by atoms with van der Waals surface area (Å²) < 4.78 is 16.3. The predicted octanol–water partition coefficient (Wildman–Crippen LogP) is 1.41. The van der Waals surface area contributed by atoms with Gasteiger partial charge in [-0.1, -0.05) is 17.3 Å². The Morgan fingerprint density at radius 2 is 1.86 bits per heavy atom. The van der Waals surface area contributed by atoms with Crippen LogP contribution in [0.5, 0.6) is 5.75 Å². The number of piperazine rings is 1. The summed E-state index contributed by atoms with van der Waals surface area (Å²) in [5, 5.41) is 7.53. The van der Waals surface area contributed by atoms with Crippen molar-refractivity contribution in [1.82, 2.24) is 25.3 Å². The van der Waals surface area contributed by atoms with E-state index in [2.05, 4.69) is 41.2 Å². The Labute approximate surface area is 204 Å². The molecule has 1 N–H and O–H groups in total. The van der Waals surface area contributed by atoms with Gasteiger partial charge < -0.3 is 29.1 Å². The number of carbonyl (C=O) groups is 1. The van der Waals surface area contributed by atoms with Crippen LogP contribution in [0.4, 0.5) is 11.5 Å². The Balaban J connectivity index is 1.12. The number of aromatic nitrogens is 3. The molecule has 0 saturated carbocycles. The molecule has 4 heterocycles. The molecule has 5 rings (SSSR count). The number of methoxy groups -OCH3 is 1. The lowest BCUT2D eigenvalue weighted by atomic mass is 10.2. The number of carbonyl (C=O) groups excluding carboxylic acids is 1. The molecule has 1 aromatic carbocycles. The number of nitrogens with zero attached hydrogens (tertiary/aromatic N) is 6. The van der Waals surface area contributed by atoms with Gasteiger partial charge in [0.2, 0.25) is 0 Å². The number of para-hydroxylation sites is 2. The van der Waals surface area contributed by atoms with E-state index in [0.29, 0.717) is 49.8 Å². The van der Waals surface area contributed by atoms with Crippen molar-refractivity contribution in [2.75, 3.05) is 82.5 Å². The summed E-state index contributed by atoms with van der Waals surface area (Å²) in [7, 11) is 1.71. The lowest BCUT2D eigenvalue weighted by Crippen LogP contribution is -2.47. The molecule has 186 valence electrons. The fourth-order valence-electron chi connectivity index (χ4n) is 4.63. The molecular weight excluding hydrogens is 450 g/mol. The van der Waals surface area contributed by atoms with Crippen molar-refractivity contribution < 1.29 is 18.8 Å². The van der Waals surface area contributed by atoms with E-state index < -0.39 is 0 Å². The molecule has 3 aromatic rings. The molecule has 35 heavy (non-hydrogen) atoms. The van der Waals surface area contributed by atoms with Crippen molar-refractivity contribution >= 4 is 28.5 Å². The number of amides is 1. The van der Waals surface area contributed by atoms with Crippen molar-refractivity contribution in [2.45, 2.75) is 6.42 Å². The van der Waals surface area contributed by atoms with E-state index in [4.69, 9.17) is 14.0 Å². The highest BCUT2D eigenvalue weighted by Crippen LogP contribution is 2.29. The monoisotopic (exact) mass is 481 g/mol. The molecule has 2 fully saturated rings. The first-order valence-corrected chi connectivity index (χ1v) is 12.1. The zero-order valence-corrected chi connectivity index (χ0v) is 20.0. The largest absolute Gasteiger partial charge is 0.495 e. The van der Waals surface area contributed by atoms with Gasteiger partial charge >= 0.3 is 0 Å². The molecule has 2 aliphatic rings. The van der Waals surface area contributed by atoms with E-state index in [1.807, 2.05) is 18.2 Å². The Kier molecular flexibility index (Phi) is 7.24. The number of rotatable bonds is 8. The Bertz CT molecular complexity index is 1140. The summed E-state index contributed by atoms with van der Waals surface area (Å²) in [5.41, 5.74) is 1.69. The van der Waals surface area contributed by atoms with E-state index in [1.54, 1.807) is 7.11 Å². The van der Waals surface area contributed by atoms with Gasteiger partial charge in [-0.15, -0.1) is 0 Å². The first-order chi connectivity index (χ1) is 17.2. The number of ether oxygens (including phenoxy) is 2. The van der Waals surface area contributed by atoms with Crippen molar-refractivity contribution in [2.24, 2.45) is 0 Å². The van der Waals surface area contributed by atoms with Gasteiger partial charge in [-0.05, 0) is 25.1 Å². The number of hydrogen-bond acceptors (Lipinski definition) is 10. The Morgan fingerprint density at radius 1 is 1.06 bits per heavy atom. The molecule has 11 heteroatoms. The van der Waals surface area contributed by atoms with Crippen LogP contribution in [0.2, 0.25) is 0 Å². The van der Waals surface area contributed by atoms with Crippen LogP contribution in [0.15, 0.2) is 35.1 Å². The van der Waals surface area contributed by atoms with Crippen molar-refractivity contribution in [3.8, 4) is 5.75 Å². The minimum atomic E-state index is -0.269. The number of anilines is 2. The average Bonchev–Trinajstić information content (AvgIpc) is 3.36. The van der Waals surface area contributed by atoms with Gasteiger partial charge in [0.25, 0.3) is 11.6 Å². The van der Waals surface area contributed by atoms with Crippen molar-refractivity contribution in [3.05, 3.63) is 36.3 Å². The summed E-state index contributed by atoms with van der Waals surface area (Å²) >= 11 is 0. The van der Waals surface area contributed by atoms with Gasteiger partial charge in [-0.3, -0.25) is 9.69 Å². The maximum absolute atomic E-state index is 12.9. The molecule has 0 spiro atoms. The van der Waals surface area contributed by atoms with Crippen LogP contribution in [-0.4, -0.2) is 98.6 Å². The first kappa shape index (κ1) is 23.3. The highest BCUT2D eigenvalue weighted by atomic mass is 16.5. The van der Waals surface area contributed by atoms with Crippen molar-refractivity contribution in [3.63, 3.8) is 0 Å². The van der Waals surface area contributed by atoms with Crippen molar-refractivity contribution in [1.29, 1.82) is 0 Å². The highest BCUT2D eigenvalue weighted by molar-refractivity contribution is 6.07. The summed E-state index contributed by atoms with van der Waals surface area (Å²) in [6.45, 7) is 7.94. The first-order valence-electron chi connectivity index (χ1n) is 12.1. The third-order valence-corrected chi connectivity index (χ3v) is 6.51. The van der Waals surface area contributed by atoms with E-state index >= 15 is 0 Å². The van der Waals surface area contributed by atoms with E-state index in [9.17, 15) is 4.79 Å². The fraction of sp³-hybridized carbons (Fsp3) is 0.500. The molecule has 0 atom stereocenters. The fourth-order valence-corrected chi connectivity index (χ4v) is 4.63. The number of fused-ring (bicyclic) bond motifs is 1. The minimum absolute atomic E-state index is 0.229. The minimum Gasteiger partial charge on any atom is -0.495 e. The topological polar surface area (TPSA) is 109 Å². The lowest BCUT2D eigenvalue weighted by molar-refractivity contribution is 0.0944. The van der Waals surface area contributed by atoms with Gasteiger partial charge in [0.15, 0.2) is 5.69 Å². The number of hydrogen-bond donors (Lipinski definition) is 1. The van der Waals surface area contributed by atoms with Crippen LogP contribution in [0.1, 0.15) is 16.9 Å². The normalized spacial score (nSPS) is 17.1. The standard InChI is InChI=1S/C24H31N7O4/c1-33-19-6-3-2-5-18(19)30-11-9-29(10-12-30)8-4-7-25-23(32)21-20-22(31-13-15-34-16-14-31)26-17-27-24(20)35-28-21/h2-3,5-6,17H,4,7-16H2,1H3,(H,25,32). The molecule has 0 aliphatic carbocycles. The van der Waals surface area contributed by atoms with Gasteiger partial charge in [-0.2, -0.15) is 4.98 Å². The predicted molar refractivity (Wildman–Crippen MR) is 131 cm³/mol. The molecule has 2 aliphatic heterocycles. The average molecular weight is 482 g/mol. The number of nitrogens with one attached hydrogen (secondary N) is 1. The molecule has 2 saturated heterocycles. The third-order valence-electron chi connectivity index (χ3n) is 6.51. The molecule has 11 nitrogen and oxygen atoms in total. The van der Waals surface area contributed by atoms with E-state index in [-0.39, 0.29) is 11.6 Å². The Hall–Kier alpha value is -3.44. The Morgan fingerprint density at radius 3 is 2.66 bits per heavy atom. The second kappa shape index (κ2) is 10.9. The third kappa shape index (κ3) is 5.15. The van der Waals surface area contributed by atoms with Crippen LogP contribution in [0.3, 0.4) is 0 Å². The smallest absolute Gasteiger partial charge is 0.274 e. The van der Waals surface area contributed by atoms with Gasteiger partial charge in [0.1, 0.15) is 23.3 Å². The molecule has 0 unspecified atom stereocenters. The van der Waals surface area contributed by atoms with Crippen LogP contribution < -0.4 is 19.9 Å². The molecule has 2 aromatic heterocycles. The summed E-state index contributed by atoms with van der Waals surface area (Å²) in [5.74, 6) is 1.30. The van der Waals surface area contributed by atoms with Crippen LogP contribution in [-0.2, 0) is 4.74 Å². The quantitative estimate of drug-likeness (QED) is 0.474.